The molecule has 1 heterocycles. The maximum Gasteiger partial charge on any atom is 0.418 e. The van der Waals surface area contributed by atoms with Crippen LogP contribution in [-0.4, -0.2) is 10.5 Å². The molecule has 0 saturated carbocycles. The Morgan fingerprint density at radius 3 is 2.45 bits per heavy atom. The first kappa shape index (κ1) is 22.1. The van der Waals surface area contributed by atoms with E-state index in [0.717, 1.165) is 11.6 Å². The molecule has 0 fully saturated rings. The van der Waals surface area contributed by atoms with Gasteiger partial charge in [0.1, 0.15) is 18.2 Å². The third kappa shape index (κ3) is 5.41. The summed E-state index contributed by atoms with van der Waals surface area (Å²) >= 11 is 0. The number of halogens is 4. The molecule has 4 aromatic rings. The normalized spacial score (nSPS) is 11.3. The highest BCUT2D eigenvalue weighted by Crippen LogP contribution is 2.33. The van der Waals surface area contributed by atoms with Crippen LogP contribution in [0.3, 0.4) is 0 Å². The van der Waals surface area contributed by atoms with Crippen LogP contribution in [-0.2, 0) is 12.8 Å². The lowest BCUT2D eigenvalue weighted by atomic mass is 10.1. The fourth-order valence-electron chi connectivity index (χ4n) is 3.23. The second-order valence-corrected chi connectivity index (χ2v) is 7.22. The number of carbonyl (C=O) groups is 1. The molecule has 1 aromatic heterocycles. The lowest BCUT2D eigenvalue weighted by Crippen LogP contribution is -2.12. The lowest BCUT2D eigenvalue weighted by molar-refractivity contribution is -0.137. The first-order valence-corrected chi connectivity index (χ1v) is 9.93. The number of nitrogens with one attached hydrogen (secondary N) is 1. The van der Waals surface area contributed by atoms with Crippen LogP contribution in [0, 0.1) is 5.82 Å². The molecule has 0 unspecified atom stereocenters. The highest BCUT2D eigenvalue weighted by atomic mass is 19.4. The van der Waals surface area contributed by atoms with Crippen LogP contribution >= 0.6 is 0 Å². The molecule has 8 heteroatoms. The van der Waals surface area contributed by atoms with Crippen molar-refractivity contribution in [3.8, 4) is 11.4 Å². The van der Waals surface area contributed by atoms with Gasteiger partial charge in [-0.15, -0.1) is 0 Å². The monoisotopic (exact) mass is 454 g/mol. The second kappa shape index (κ2) is 9.20. The molecule has 4 nitrogen and oxygen atoms in total. The topological polar surface area (TPSA) is 43.3 Å². The molecule has 0 aliphatic rings. The molecule has 33 heavy (non-hydrogen) atoms. The summed E-state index contributed by atoms with van der Waals surface area (Å²) in [5.74, 6) is -0.318. The van der Waals surface area contributed by atoms with Gasteiger partial charge in [-0.3, -0.25) is 4.79 Å². The summed E-state index contributed by atoms with van der Waals surface area (Å²) in [6.45, 7) is 0.221. The smallest absolute Gasteiger partial charge is 0.418 e. The van der Waals surface area contributed by atoms with Gasteiger partial charge in [-0.1, -0.05) is 30.3 Å². The SMILES string of the molecule is O=C(Nc1cccc(OCc2ccc(F)cc2)c1)c1ccn(-c2ccccc2C(F)(F)F)c1. The molecule has 0 atom stereocenters. The van der Waals surface area contributed by atoms with E-state index in [0.29, 0.717) is 11.4 Å². The lowest BCUT2D eigenvalue weighted by Gasteiger charge is -2.13. The largest absolute Gasteiger partial charge is 0.489 e. The number of carbonyl (C=O) groups excluding carboxylic acids is 1. The van der Waals surface area contributed by atoms with Gasteiger partial charge in [-0.2, -0.15) is 13.2 Å². The summed E-state index contributed by atoms with van der Waals surface area (Å²) in [6, 6.07) is 19.2. The summed E-state index contributed by atoms with van der Waals surface area (Å²) in [4.78, 5) is 12.6. The number of anilines is 1. The molecular weight excluding hydrogens is 436 g/mol. The Kier molecular flexibility index (Phi) is 6.17. The Labute approximate surface area is 187 Å². The molecule has 168 valence electrons. The van der Waals surface area contributed by atoms with Crippen LogP contribution in [0.4, 0.5) is 23.2 Å². The van der Waals surface area contributed by atoms with Crippen molar-refractivity contribution >= 4 is 11.6 Å². The predicted octanol–water partition coefficient (Wildman–Crippen LogP) is 6.47. The third-order valence-corrected chi connectivity index (χ3v) is 4.85. The highest BCUT2D eigenvalue weighted by molar-refractivity contribution is 6.04. The van der Waals surface area contributed by atoms with E-state index in [9.17, 15) is 22.4 Å². The number of aromatic nitrogens is 1. The minimum Gasteiger partial charge on any atom is -0.489 e. The quantitative estimate of drug-likeness (QED) is 0.340. The van der Waals surface area contributed by atoms with Crippen LogP contribution in [0.15, 0.2) is 91.3 Å². The summed E-state index contributed by atoms with van der Waals surface area (Å²) in [5, 5.41) is 2.71. The number of hydrogen-bond donors (Lipinski definition) is 1. The van der Waals surface area contributed by atoms with E-state index in [-0.39, 0.29) is 23.7 Å². The molecule has 4 rings (SSSR count). The van der Waals surface area contributed by atoms with Gasteiger partial charge < -0.3 is 14.6 Å². The fraction of sp³-hybridized carbons (Fsp3) is 0.0800. The average molecular weight is 454 g/mol. The van der Waals surface area contributed by atoms with Gasteiger partial charge in [-0.05, 0) is 48.0 Å². The first-order chi connectivity index (χ1) is 15.8. The van der Waals surface area contributed by atoms with Crippen molar-refractivity contribution in [2.24, 2.45) is 0 Å². The third-order valence-electron chi connectivity index (χ3n) is 4.85. The van der Waals surface area contributed by atoms with Gasteiger partial charge in [-0.25, -0.2) is 4.39 Å². The second-order valence-electron chi connectivity index (χ2n) is 7.22. The van der Waals surface area contributed by atoms with E-state index in [4.69, 9.17) is 4.74 Å². The fourth-order valence-corrected chi connectivity index (χ4v) is 3.23. The molecule has 1 N–H and O–H groups in total. The summed E-state index contributed by atoms with van der Waals surface area (Å²) in [5.41, 5.74) is 0.578. The van der Waals surface area contributed by atoms with Crippen molar-refractivity contribution in [3.05, 3.63) is 114 Å². The number of alkyl halides is 3. The van der Waals surface area contributed by atoms with Crippen molar-refractivity contribution in [3.63, 3.8) is 0 Å². The summed E-state index contributed by atoms with van der Waals surface area (Å²) in [7, 11) is 0. The van der Waals surface area contributed by atoms with Crippen LogP contribution in [0.25, 0.3) is 5.69 Å². The van der Waals surface area contributed by atoms with Gasteiger partial charge >= 0.3 is 6.18 Å². The van der Waals surface area contributed by atoms with Gasteiger partial charge in [0, 0.05) is 24.1 Å². The molecule has 0 aliphatic carbocycles. The predicted molar refractivity (Wildman–Crippen MR) is 116 cm³/mol. The van der Waals surface area contributed by atoms with Crippen molar-refractivity contribution in [2.45, 2.75) is 12.8 Å². The van der Waals surface area contributed by atoms with Crippen LogP contribution < -0.4 is 10.1 Å². The standard InChI is InChI=1S/C25H18F4N2O2/c26-19-10-8-17(9-11-19)16-33-21-5-3-4-20(14-21)30-24(32)18-12-13-31(15-18)23-7-2-1-6-22(23)25(27,28)29/h1-15H,16H2,(H,30,32). The molecular formula is C25H18F4N2O2. The van der Waals surface area contributed by atoms with E-state index in [1.807, 2.05) is 0 Å². The zero-order chi connectivity index (χ0) is 23.4. The van der Waals surface area contributed by atoms with E-state index >= 15 is 0 Å². The van der Waals surface area contributed by atoms with E-state index in [1.54, 1.807) is 36.4 Å². The molecule has 0 aliphatic heterocycles. The maximum atomic E-state index is 13.3. The van der Waals surface area contributed by atoms with Crippen molar-refractivity contribution < 1.29 is 27.1 Å². The number of hydrogen-bond acceptors (Lipinski definition) is 2. The molecule has 1 amide bonds. The summed E-state index contributed by atoms with van der Waals surface area (Å²) in [6.07, 6.45) is -1.77. The number of amides is 1. The number of nitrogens with zero attached hydrogens (tertiary/aromatic N) is 1. The molecule has 0 radical (unpaired) electrons. The highest BCUT2D eigenvalue weighted by Gasteiger charge is 2.33. The zero-order valence-electron chi connectivity index (χ0n) is 17.1. The molecule has 3 aromatic carbocycles. The Balaban J connectivity index is 1.45. The molecule has 0 spiro atoms. The van der Waals surface area contributed by atoms with Gasteiger partial charge in [0.15, 0.2) is 0 Å². The van der Waals surface area contributed by atoms with Gasteiger partial charge in [0.25, 0.3) is 5.91 Å². The Morgan fingerprint density at radius 2 is 1.70 bits per heavy atom. The maximum absolute atomic E-state index is 13.3. The zero-order valence-corrected chi connectivity index (χ0v) is 17.1. The number of benzene rings is 3. The summed E-state index contributed by atoms with van der Waals surface area (Å²) < 4.78 is 59.8. The minimum atomic E-state index is -4.52. The van der Waals surface area contributed by atoms with Crippen molar-refractivity contribution in [1.29, 1.82) is 0 Å². The van der Waals surface area contributed by atoms with E-state index in [1.165, 1.54) is 53.4 Å². The van der Waals surface area contributed by atoms with Gasteiger partial charge in [0.2, 0.25) is 0 Å². The van der Waals surface area contributed by atoms with Crippen LogP contribution in [0.2, 0.25) is 0 Å². The van der Waals surface area contributed by atoms with Crippen molar-refractivity contribution in [1.82, 2.24) is 4.57 Å². The Morgan fingerprint density at radius 1 is 0.939 bits per heavy atom. The van der Waals surface area contributed by atoms with E-state index in [2.05, 4.69) is 5.32 Å². The van der Waals surface area contributed by atoms with Crippen molar-refractivity contribution in [2.75, 3.05) is 5.32 Å². The minimum absolute atomic E-state index is 0.0692. The Hall–Kier alpha value is -4.07. The first-order valence-electron chi connectivity index (χ1n) is 9.93. The number of para-hydroxylation sites is 1. The molecule has 0 bridgehead atoms. The van der Waals surface area contributed by atoms with Gasteiger partial charge in [0.05, 0.1) is 16.8 Å². The Bertz CT molecular complexity index is 1260. The number of ether oxygens (including phenoxy) is 1. The van der Waals surface area contributed by atoms with E-state index < -0.39 is 17.6 Å². The van der Waals surface area contributed by atoms with Crippen LogP contribution in [0.5, 0.6) is 5.75 Å². The average Bonchev–Trinajstić information content (AvgIpc) is 3.29. The number of rotatable bonds is 6. The van der Waals surface area contributed by atoms with Crippen LogP contribution in [0.1, 0.15) is 21.5 Å². The molecule has 0 saturated heterocycles.